The number of sulfonamides is 2. The third kappa shape index (κ3) is 7.22. The normalized spacial score (nSPS) is 12.3. The molecule has 0 amide bonds. The number of halogens is 1. The summed E-state index contributed by atoms with van der Waals surface area (Å²) in [4.78, 5) is -0.286. The van der Waals surface area contributed by atoms with E-state index in [2.05, 4.69) is 10.0 Å². The molecule has 3 N–H and O–H groups in total. The van der Waals surface area contributed by atoms with Crippen LogP contribution in [0.2, 0.25) is 0 Å². The Bertz CT molecular complexity index is 722. The highest BCUT2D eigenvalue weighted by atomic mass is 32.2. The zero-order valence-corrected chi connectivity index (χ0v) is 14.4. The standard InChI is InChI=1S/C12H20FN3O5S2/c1-21-8-7-14-5-6-15-23(19,20)10-3-4-12(11(13)9-10)16-22(2,17)18/h3-4,9,14-16H,5-8H2,1-2H3. The monoisotopic (exact) mass is 369 g/mol. The van der Waals surface area contributed by atoms with Gasteiger partial charge in [-0.3, -0.25) is 4.72 Å². The van der Waals surface area contributed by atoms with Gasteiger partial charge in [0, 0.05) is 26.7 Å². The number of rotatable bonds is 10. The van der Waals surface area contributed by atoms with E-state index >= 15 is 0 Å². The molecule has 1 rings (SSSR count). The smallest absolute Gasteiger partial charge is 0.240 e. The van der Waals surface area contributed by atoms with Crippen molar-refractivity contribution in [1.82, 2.24) is 10.0 Å². The largest absolute Gasteiger partial charge is 0.383 e. The van der Waals surface area contributed by atoms with Gasteiger partial charge in [-0.1, -0.05) is 0 Å². The zero-order valence-electron chi connectivity index (χ0n) is 12.8. The van der Waals surface area contributed by atoms with Crippen LogP contribution in [0.4, 0.5) is 10.1 Å². The molecule has 0 heterocycles. The van der Waals surface area contributed by atoms with Crippen molar-refractivity contribution in [2.45, 2.75) is 4.90 Å². The van der Waals surface area contributed by atoms with Crippen LogP contribution in [0, 0.1) is 5.82 Å². The zero-order chi connectivity index (χ0) is 17.5. The van der Waals surface area contributed by atoms with E-state index in [0.29, 0.717) is 19.7 Å². The Morgan fingerprint density at radius 2 is 1.83 bits per heavy atom. The number of hydrogen-bond acceptors (Lipinski definition) is 6. The Morgan fingerprint density at radius 3 is 2.39 bits per heavy atom. The third-order valence-corrected chi connectivity index (χ3v) is 4.67. The topological polar surface area (TPSA) is 114 Å². The Morgan fingerprint density at radius 1 is 1.13 bits per heavy atom. The predicted octanol–water partition coefficient (Wildman–Crippen LogP) is -0.288. The van der Waals surface area contributed by atoms with Crippen molar-refractivity contribution < 1.29 is 26.0 Å². The molecular formula is C12H20FN3O5S2. The van der Waals surface area contributed by atoms with Gasteiger partial charge in [0.15, 0.2) is 0 Å². The van der Waals surface area contributed by atoms with Crippen molar-refractivity contribution in [2.24, 2.45) is 0 Å². The van der Waals surface area contributed by atoms with Crippen molar-refractivity contribution >= 4 is 25.7 Å². The van der Waals surface area contributed by atoms with E-state index in [1.807, 2.05) is 4.72 Å². The van der Waals surface area contributed by atoms with E-state index in [1.54, 1.807) is 7.11 Å². The van der Waals surface area contributed by atoms with Crippen LogP contribution < -0.4 is 14.8 Å². The molecule has 0 aliphatic rings. The summed E-state index contributed by atoms with van der Waals surface area (Å²) in [6.45, 7) is 1.60. The quantitative estimate of drug-likeness (QED) is 0.489. The molecule has 132 valence electrons. The molecule has 0 aliphatic heterocycles. The molecule has 0 bridgehead atoms. The van der Waals surface area contributed by atoms with Gasteiger partial charge in [-0.2, -0.15) is 0 Å². The Hall–Kier alpha value is -1.27. The molecular weight excluding hydrogens is 349 g/mol. The molecule has 1 aromatic rings. The van der Waals surface area contributed by atoms with Gasteiger partial charge in [0.1, 0.15) is 5.82 Å². The number of nitrogens with one attached hydrogen (secondary N) is 3. The molecule has 0 atom stereocenters. The minimum absolute atomic E-state index is 0.122. The number of benzene rings is 1. The van der Waals surface area contributed by atoms with Crippen LogP contribution in [0.25, 0.3) is 0 Å². The average molecular weight is 369 g/mol. The maximum Gasteiger partial charge on any atom is 0.240 e. The maximum absolute atomic E-state index is 13.8. The molecule has 8 nitrogen and oxygen atoms in total. The third-order valence-electron chi connectivity index (χ3n) is 2.62. The molecule has 0 spiro atoms. The molecule has 0 fully saturated rings. The molecule has 0 unspecified atom stereocenters. The first-order valence-electron chi connectivity index (χ1n) is 6.62. The van der Waals surface area contributed by atoms with E-state index in [0.717, 1.165) is 24.5 Å². The summed E-state index contributed by atoms with van der Waals surface area (Å²) >= 11 is 0. The molecule has 0 radical (unpaired) electrons. The maximum atomic E-state index is 13.8. The van der Waals surface area contributed by atoms with Crippen LogP contribution in [0.1, 0.15) is 0 Å². The fourth-order valence-corrected chi connectivity index (χ4v) is 3.21. The van der Waals surface area contributed by atoms with Gasteiger partial charge in [0.05, 0.1) is 23.4 Å². The number of hydrogen-bond donors (Lipinski definition) is 3. The van der Waals surface area contributed by atoms with Crippen molar-refractivity contribution in [3.05, 3.63) is 24.0 Å². The number of ether oxygens (including phenoxy) is 1. The van der Waals surface area contributed by atoms with Gasteiger partial charge in [-0.25, -0.2) is 25.9 Å². The van der Waals surface area contributed by atoms with E-state index in [9.17, 15) is 21.2 Å². The fraction of sp³-hybridized carbons (Fsp3) is 0.500. The average Bonchev–Trinajstić information content (AvgIpc) is 2.43. The molecule has 0 saturated heterocycles. The molecule has 11 heteroatoms. The van der Waals surface area contributed by atoms with Crippen LogP contribution in [0.5, 0.6) is 0 Å². The second-order valence-electron chi connectivity index (χ2n) is 4.66. The lowest BCUT2D eigenvalue weighted by atomic mass is 10.3. The lowest BCUT2D eigenvalue weighted by Crippen LogP contribution is -2.33. The van der Waals surface area contributed by atoms with Crippen molar-refractivity contribution in [2.75, 3.05) is 44.3 Å². The lowest BCUT2D eigenvalue weighted by molar-refractivity contribution is 0.199. The van der Waals surface area contributed by atoms with E-state index in [1.165, 1.54) is 0 Å². The van der Waals surface area contributed by atoms with Crippen molar-refractivity contribution in [3.63, 3.8) is 0 Å². The van der Waals surface area contributed by atoms with Crippen LogP contribution in [-0.4, -0.2) is 56.4 Å². The first-order valence-corrected chi connectivity index (χ1v) is 10.00. The predicted molar refractivity (Wildman–Crippen MR) is 84.8 cm³/mol. The second kappa shape index (κ2) is 8.55. The summed E-state index contributed by atoms with van der Waals surface area (Å²) in [5.41, 5.74) is -0.312. The van der Waals surface area contributed by atoms with Gasteiger partial charge in [-0.05, 0) is 18.2 Å². The summed E-state index contributed by atoms with van der Waals surface area (Å²) in [5.74, 6) is -0.975. The molecule has 0 aromatic heterocycles. The fourth-order valence-electron chi connectivity index (χ4n) is 1.60. The van der Waals surface area contributed by atoms with Crippen LogP contribution in [0.3, 0.4) is 0 Å². The Balaban J connectivity index is 2.68. The molecule has 23 heavy (non-hydrogen) atoms. The lowest BCUT2D eigenvalue weighted by Gasteiger charge is -2.10. The molecule has 0 saturated carbocycles. The first-order chi connectivity index (χ1) is 10.7. The van der Waals surface area contributed by atoms with Gasteiger partial charge in [0.2, 0.25) is 20.0 Å². The van der Waals surface area contributed by atoms with Crippen molar-refractivity contribution in [1.29, 1.82) is 0 Å². The Labute approximate surface area is 135 Å². The summed E-state index contributed by atoms with van der Waals surface area (Å²) in [6, 6.07) is 2.94. The number of methoxy groups -OCH3 is 1. The van der Waals surface area contributed by atoms with Crippen LogP contribution >= 0.6 is 0 Å². The Kier molecular flexibility index (Phi) is 7.35. The van der Waals surface area contributed by atoms with Crippen molar-refractivity contribution in [3.8, 4) is 0 Å². The second-order valence-corrected chi connectivity index (χ2v) is 8.17. The van der Waals surface area contributed by atoms with Gasteiger partial charge < -0.3 is 10.1 Å². The molecule has 0 aliphatic carbocycles. The van der Waals surface area contributed by atoms with Crippen LogP contribution in [0.15, 0.2) is 23.1 Å². The van der Waals surface area contributed by atoms with Gasteiger partial charge in [0.25, 0.3) is 0 Å². The SMILES string of the molecule is COCCNCCNS(=O)(=O)c1ccc(NS(C)(=O)=O)c(F)c1. The minimum atomic E-state index is -3.87. The first kappa shape index (κ1) is 19.8. The van der Waals surface area contributed by atoms with E-state index in [-0.39, 0.29) is 17.1 Å². The highest BCUT2D eigenvalue weighted by molar-refractivity contribution is 7.92. The van der Waals surface area contributed by atoms with Gasteiger partial charge in [-0.15, -0.1) is 0 Å². The summed E-state index contributed by atoms with van der Waals surface area (Å²) in [6.07, 6.45) is 0.870. The van der Waals surface area contributed by atoms with E-state index < -0.39 is 25.9 Å². The minimum Gasteiger partial charge on any atom is -0.383 e. The summed E-state index contributed by atoms with van der Waals surface area (Å²) < 4.78 is 69.0. The van der Waals surface area contributed by atoms with Crippen LogP contribution in [-0.2, 0) is 24.8 Å². The highest BCUT2D eigenvalue weighted by Gasteiger charge is 2.16. The summed E-state index contributed by atoms with van der Waals surface area (Å²) in [7, 11) is -5.96. The highest BCUT2D eigenvalue weighted by Crippen LogP contribution is 2.19. The van der Waals surface area contributed by atoms with E-state index in [4.69, 9.17) is 4.74 Å². The molecule has 1 aromatic carbocycles. The summed E-state index contributed by atoms with van der Waals surface area (Å²) in [5, 5.41) is 2.95. The number of anilines is 1. The van der Waals surface area contributed by atoms with Gasteiger partial charge >= 0.3 is 0 Å².